The molecule has 0 saturated carbocycles. The maximum Gasteiger partial charge on any atom is 0.190 e. The first-order valence-electron chi connectivity index (χ1n) is 9.29. The summed E-state index contributed by atoms with van der Waals surface area (Å²) < 4.78 is 5.60. The average molecular weight is 344 g/mol. The smallest absolute Gasteiger partial charge is 0.190 e. The van der Waals surface area contributed by atoms with Gasteiger partial charge in [-0.15, -0.1) is 0 Å². The maximum absolute atomic E-state index is 12.2. The van der Waals surface area contributed by atoms with Crippen LogP contribution in [0.15, 0.2) is 46.6 Å². The molecule has 1 aliphatic carbocycles. The Morgan fingerprint density at radius 1 is 1.12 bits per heavy atom. The number of allylic oxidation sites excluding steroid dienone is 5. The second-order valence-corrected chi connectivity index (χ2v) is 7.79. The van der Waals surface area contributed by atoms with Crippen molar-refractivity contribution in [2.75, 3.05) is 0 Å². The number of ether oxygens (including phenoxy) is 1. The minimum absolute atomic E-state index is 0.000590. The predicted molar refractivity (Wildman–Crippen MR) is 102 cm³/mol. The summed E-state index contributed by atoms with van der Waals surface area (Å²) in [4.78, 5) is 12.2. The average Bonchev–Trinajstić information content (AvgIpc) is 3.27. The number of carbonyl (C=O) groups excluding carboxylic acids is 1. The molecule has 2 aliphatic rings. The van der Waals surface area contributed by atoms with Gasteiger partial charge in [-0.2, -0.15) is 0 Å². The van der Waals surface area contributed by atoms with Crippen LogP contribution >= 0.6 is 0 Å². The van der Waals surface area contributed by atoms with E-state index in [1.54, 1.807) is 6.92 Å². The molecular weight excluding hydrogens is 312 g/mol. The van der Waals surface area contributed by atoms with Crippen molar-refractivity contribution in [1.82, 2.24) is 0 Å². The molecule has 1 N–H and O–H groups in total. The number of aliphatic hydroxyl groups excluding tert-OH is 1. The summed E-state index contributed by atoms with van der Waals surface area (Å²) in [7, 11) is 0. The van der Waals surface area contributed by atoms with E-state index in [0.717, 1.165) is 25.7 Å². The van der Waals surface area contributed by atoms with Gasteiger partial charge in [-0.3, -0.25) is 4.79 Å². The summed E-state index contributed by atoms with van der Waals surface area (Å²) in [6.07, 6.45) is 12.0. The minimum atomic E-state index is -0.795. The Hall–Kier alpha value is -1.45. The highest BCUT2D eigenvalue weighted by molar-refractivity contribution is 6.02. The van der Waals surface area contributed by atoms with E-state index in [9.17, 15) is 9.90 Å². The molecule has 0 aromatic heterocycles. The highest BCUT2D eigenvalue weighted by Crippen LogP contribution is 2.48. The molecule has 138 valence electrons. The van der Waals surface area contributed by atoms with Gasteiger partial charge in [0.25, 0.3) is 0 Å². The van der Waals surface area contributed by atoms with Crippen LogP contribution in [0.25, 0.3) is 0 Å². The zero-order valence-electron chi connectivity index (χ0n) is 16.3. The number of ketones is 1. The lowest BCUT2D eigenvalue weighted by Crippen LogP contribution is -2.36. The van der Waals surface area contributed by atoms with Gasteiger partial charge in [0.15, 0.2) is 11.4 Å². The van der Waals surface area contributed by atoms with E-state index in [2.05, 4.69) is 45.9 Å². The Bertz CT molecular complexity index is 632. The molecule has 1 fully saturated rings. The van der Waals surface area contributed by atoms with E-state index in [1.165, 1.54) is 22.8 Å². The fourth-order valence-electron chi connectivity index (χ4n) is 3.29. The van der Waals surface area contributed by atoms with Crippen LogP contribution < -0.4 is 0 Å². The molecule has 0 unspecified atom stereocenters. The Labute approximate surface area is 152 Å². The number of hydrogen-bond acceptors (Lipinski definition) is 3. The second-order valence-electron chi connectivity index (χ2n) is 7.79. The number of hydrogen-bond donors (Lipinski definition) is 1. The molecular formula is C22H32O3. The normalized spacial score (nSPS) is 29.2. The van der Waals surface area contributed by atoms with Crippen molar-refractivity contribution in [3.63, 3.8) is 0 Å². The van der Waals surface area contributed by atoms with Crippen LogP contribution in [0.1, 0.15) is 66.7 Å². The largest absolute Gasteiger partial charge is 0.386 e. The molecule has 0 bridgehead atoms. The number of fused-ring (bicyclic) bond motifs is 1. The van der Waals surface area contributed by atoms with E-state index in [-0.39, 0.29) is 11.9 Å². The summed E-state index contributed by atoms with van der Waals surface area (Å²) in [5.74, 6) is -0.000590. The summed E-state index contributed by atoms with van der Waals surface area (Å²) in [6.45, 7) is 10.3. The van der Waals surface area contributed by atoms with E-state index < -0.39 is 11.7 Å². The Morgan fingerprint density at radius 2 is 1.72 bits per heavy atom. The number of carbonyl (C=O) groups is 1. The maximum atomic E-state index is 12.2. The van der Waals surface area contributed by atoms with Crippen LogP contribution in [-0.2, 0) is 9.53 Å². The number of epoxide rings is 1. The van der Waals surface area contributed by atoms with E-state index in [0.29, 0.717) is 12.0 Å². The molecule has 1 saturated heterocycles. The van der Waals surface area contributed by atoms with Crippen LogP contribution in [0.2, 0.25) is 0 Å². The van der Waals surface area contributed by atoms with Gasteiger partial charge in [-0.1, -0.05) is 34.9 Å². The first-order chi connectivity index (χ1) is 11.8. The van der Waals surface area contributed by atoms with Gasteiger partial charge in [0.2, 0.25) is 0 Å². The van der Waals surface area contributed by atoms with E-state index in [1.807, 2.05) is 0 Å². The van der Waals surface area contributed by atoms with E-state index in [4.69, 9.17) is 4.74 Å². The van der Waals surface area contributed by atoms with Crippen molar-refractivity contribution in [1.29, 1.82) is 0 Å². The molecule has 0 aromatic carbocycles. The van der Waals surface area contributed by atoms with Crippen LogP contribution in [0.5, 0.6) is 0 Å². The summed E-state index contributed by atoms with van der Waals surface area (Å²) in [5.41, 5.74) is 3.98. The zero-order chi connectivity index (χ0) is 18.6. The molecule has 3 heteroatoms. The third kappa shape index (κ3) is 5.02. The third-order valence-electron chi connectivity index (χ3n) is 5.15. The topological polar surface area (TPSA) is 49.8 Å². The highest BCUT2D eigenvalue weighted by atomic mass is 16.6. The lowest BCUT2D eigenvalue weighted by molar-refractivity contribution is -0.119. The van der Waals surface area contributed by atoms with Crippen molar-refractivity contribution in [3.8, 4) is 0 Å². The third-order valence-corrected chi connectivity index (χ3v) is 5.15. The lowest BCUT2D eigenvalue weighted by Gasteiger charge is -2.17. The lowest BCUT2D eigenvalue weighted by atomic mass is 9.84. The SMILES string of the molecule is CC(C)=CCC/C(C)=C/CC/C(C)=C/C[C@@]12O[C@@H]1[C@H](O)C(C)=CC2=O. The van der Waals surface area contributed by atoms with Gasteiger partial charge >= 0.3 is 0 Å². The van der Waals surface area contributed by atoms with Crippen LogP contribution in [0.4, 0.5) is 0 Å². The van der Waals surface area contributed by atoms with Crippen molar-refractivity contribution in [2.45, 2.75) is 84.5 Å². The molecule has 0 amide bonds. The van der Waals surface area contributed by atoms with Gasteiger partial charge in [0.1, 0.15) is 12.2 Å². The van der Waals surface area contributed by atoms with Gasteiger partial charge in [0, 0.05) is 6.42 Å². The molecule has 0 spiro atoms. The van der Waals surface area contributed by atoms with Gasteiger partial charge < -0.3 is 9.84 Å². The van der Waals surface area contributed by atoms with Crippen molar-refractivity contribution < 1.29 is 14.6 Å². The van der Waals surface area contributed by atoms with Crippen molar-refractivity contribution in [3.05, 3.63) is 46.6 Å². The minimum Gasteiger partial charge on any atom is -0.386 e. The number of aliphatic hydroxyl groups is 1. The standard InChI is InChI=1S/C22H32O3/c1-15(2)8-6-9-16(3)10-7-11-17(4)12-13-22-19(23)14-18(5)20(24)21(22)25-22/h8,10,12,14,20-21,24H,6-7,9,11,13H2,1-5H3/b16-10+,17-12+/t20-,21-,22+/m1/s1. The summed E-state index contributed by atoms with van der Waals surface area (Å²) in [5, 5.41) is 10.1. The van der Waals surface area contributed by atoms with Gasteiger partial charge in [-0.05, 0) is 72.0 Å². The number of rotatable bonds is 8. The highest BCUT2D eigenvalue weighted by Gasteiger charge is 2.65. The summed E-state index contributed by atoms with van der Waals surface area (Å²) in [6, 6.07) is 0. The molecule has 0 radical (unpaired) electrons. The first-order valence-corrected chi connectivity index (χ1v) is 9.29. The predicted octanol–water partition coefficient (Wildman–Crippen LogP) is 4.82. The molecule has 2 rings (SSSR count). The first kappa shape index (κ1) is 19.9. The van der Waals surface area contributed by atoms with E-state index >= 15 is 0 Å². The van der Waals surface area contributed by atoms with Crippen LogP contribution in [0.3, 0.4) is 0 Å². The van der Waals surface area contributed by atoms with Crippen molar-refractivity contribution >= 4 is 5.78 Å². The zero-order valence-corrected chi connectivity index (χ0v) is 16.3. The van der Waals surface area contributed by atoms with Crippen LogP contribution in [-0.4, -0.2) is 28.7 Å². The molecule has 3 nitrogen and oxygen atoms in total. The summed E-state index contributed by atoms with van der Waals surface area (Å²) >= 11 is 0. The Balaban J connectivity index is 1.80. The van der Waals surface area contributed by atoms with Crippen LogP contribution in [0, 0.1) is 0 Å². The molecule has 3 atom stereocenters. The molecule has 25 heavy (non-hydrogen) atoms. The van der Waals surface area contributed by atoms with Gasteiger partial charge in [0.05, 0.1) is 0 Å². The molecule has 1 aliphatic heterocycles. The fourth-order valence-corrected chi connectivity index (χ4v) is 3.29. The Morgan fingerprint density at radius 3 is 2.36 bits per heavy atom. The monoisotopic (exact) mass is 344 g/mol. The Kier molecular flexibility index (Phi) is 6.59. The van der Waals surface area contributed by atoms with Crippen molar-refractivity contribution in [2.24, 2.45) is 0 Å². The second kappa shape index (κ2) is 8.29. The molecule has 1 heterocycles. The fraction of sp³-hybridized carbons (Fsp3) is 0.591. The van der Waals surface area contributed by atoms with Gasteiger partial charge in [-0.25, -0.2) is 0 Å². The quantitative estimate of drug-likeness (QED) is 0.507. The molecule has 0 aromatic rings.